The van der Waals surface area contributed by atoms with Crippen molar-refractivity contribution in [3.8, 4) is 0 Å². The smallest absolute Gasteiger partial charge is 0.326 e. The molecule has 0 saturated carbocycles. The number of carbonyl (C=O) groups is 2. The third-order valence-electron chi connectivity index (χ3n) is 3.01. The van der Waals surface area contributed by atoms with Crippen molar-refractivity contribution in [3.05, 3.63) is 36.2 Å². The zero-order valence-electron chi connectivity index (χ0n) is 13.3. The van der Waals surface area contributed by atoms with Gasteiger partial charge in [0.05, 0.1) is 6.20 Å². The van der Waals surface area contributed by atoms with Gasteiger partial charge in [-0.1, -0.05) is 0 Å². The number of nitrogens with one attached hydrogen (secondary N) is 3. The van der Waals surface area contributed by atoms with Crippen molar-refractivity contribution in [2.24, 2.45) is 7.05 Å². The molecule has 3 amide bonds. The van der Waals surface area contributed by atoms with Crippen LogP contribution in [0.5, 0.6) is 0 Å². The molecule has 0 atom stereocenters. The van der Waals surface area contributed by atoms with E-state index in [1.54, 1.807) is 32.2 Å². The van der Waals surface area contributed by atoms with Gasteiger partial charge in [0.25, 0.3) is 10.0 Å². The summed E-state index contributed by atoms with van der Waals surface area (Å²) in [5.74, 6) is -0.209. The Bertz CT molecular complexity index is 888. The van der Waals surface area contributed by atoms with Crippen molar-refractivity contribution in [2.45, 2.75) is 18.7 Å². The Morgan fingerprint density at radius 3 is 2.46 bits per heavy atom. The largest absolute Gasteiger partial charge is 0.333 e. The molecule has 128 valence electrons. The molecule has 9 nitrogen and oxygen atoms in total. The Hall–Kier alpha value is -2.88. The molecule has 0 aliphatic rings. The van der Waals surface area contributed by atoms with Gasteiger partial charge in [0.15, 0.2) is 0 Å². The number of amides is 3. The van der Waals surface area contributed by atoms with E-state index in [0.717, 1.165) is 11.8 Å². The van der Waals surface area contributed by atoms with Gasteiger partial charge < -0.3 is 10.6 Å². The first kappa shape index (κ1) is 17.5. The van der Waals surface area contributed by atoms with E-state index in [0.29, 0.717) is 11.4 Å². The van der Waals surface area contributed by atoms with Gasteiger partial charge in [-0.2, -0.15) is 5.10 Å². The van der Waals surface area contributed by atoms with Crippen molar-refractivity contribution in [1.82, 2.24) is 14.5 Å². The first-order valence-electron chi connectivity index (χ1n) is 6.88. The minimum Gasteiger partial charge on any atom is -0.326 e. The second kappa shape index (κ2) is 6.71. The van der Waals surface area contributed by atoms with Crippen LogP contribution in [0.25, 0.3) is 0 Å². The molecule has 24 heavy (non-hydrogen) atoms. The molecule has 0 unspecified atom stereocenters. The number of sulfonamides is 1. The molecule has 1 aromatic carbocycles. The van der Waals surface area contributed by atoms with E-state index in [-0.39, 0.29) is 10.8 Å². The van der Waals surface area contributed by atoms with E-state index >= 15 is 0 Å². The monoisotopic (exact) mass is 351 g/mol. The lowest BCUT2D eigenvalue weighted by molar-refractivity contribution is -0.114. The van der Waals surface area contributed by atoms with E-state index in [1.165, 1.54) is 17.8 Å². The van der Waals surface area contributed by atoms with Gasteiger partial charge in [0.1, 0.15) is 4.90 Å². The standard InChI is InChI=1S/C14H17N5O4S/c1-9-6-11(4-5-13(9)16-10(2)20)17-14(21)18-24(22,23)12-7-15-19(3)8-12/h4-8H,1-3H3,(H,16,20)(H2,17,18,21). The number of aryl methyl sites for hydroxylation is 2. The fourth-order valence-corrected chi connectivity index (χ4v) is 2.84. The Kier molecular flexibility index (Phi) is 4.88. The lowest BCUT2D eigenvalue weighted by Gasteiger charge is -2.11. The number of urea groups is 1. The van der Waals surface area contributed by atoms with Crippen molar-refractivity contribution in [1.29, 1.82) is 0 Å². The third-order valence-corrected chi connectivity index (χ3v) is 4.30. The molecule has 10 heteroatoms. The number of anilines is 2. The van der Waals surface area contributed by atoms with Gasteiger partial charge in [0, 0.05) is 31.5 Å². The molecule has 0 bridgehead atoms. The fourth-order valence-electron chi connectivity index (χ4n) is 1.95. The van der Waals surface area contributed by atoms with Crippen LogP contribution in [0.4, 0.5) is 16.2 Å². The first-order chi connectivity index (χ1) is 11.2. The number of hydrogen-bond donors (Lipinski definition) is 3. The summed E-state index contributed by atoms with van der Waals surface area (Å²) in [4.78, 5) is 22.8. The number of hydrogen-bond acceptors (Lipinski definition) is 5. The summed E-state index contributed by atoms with van der Waals surface area (Å²) in [5, 5.41) is 8.82. The van der Waals surface area contributed by atoms with Gasteiger partial charge in [-0.3, -0.25) is 9.48 Å². The Morgan fingerprint density at radius 2 is 1.92 bits per heavy atom. The van der Waals surface area contributed by atoms with Crippen LogP contribution in [-0.4, -0.2) is 30.1 Å². The van der Waals surface area contributed by atoms with Crippen LogP contribution in [-0.2, 0) is 21.9 Å². The Labute approximate surface area is 139 Å². The van der Waals surface area contributed by atoms with Crippen LogP contribution in [0.1, 0.15) is 12.5 Å². The maximum atomic E-state index is 12.0. The highest BCUT2D eigenvalue weighted by Gasteiger charge is 2.19. The van der Waals surface area contributed by atoms with Crippen LogP contribution >= 0.6 is 0 Å². The van der Waals surface area contributed by atoms with Gasteiger partial charge in [-0.25, -0.2) is 17.9 Å². The SMILES string of the molecule is CC(=O)Nc1ccc(NC(=O)NS(=O)(=O)c2cnn(C)c2)cc1C. The highest BCUT2D eigenvalue weighted by Crippen LogP contribution is 2.19. The van der Waals surface area contributed by atoms with Crippen LogP contribution in [0.2, 0.25) is 0 Å². The van der Waals surface area contributed by atoms with Crippen LogP contribution in [0, 0.1) is 6.92 Å². The van der Waals surface area contributed by atoms with Crippen molar-refractivity contribution in [2.75, 3.05) is 10.6 Å². The average molecular weight is 351 g/mol. The number of benzene rings is 1. The summed E-state index contributed by atoms with van der Waals surface area (Å²) in [6.45, 7) is 3.14. The van der Waals surface area contributed by atoms with E-state index in [9.17, 15) is 18.0 Å². The number of aromatic nitrogens is 2. The maximum absolute atomic E-state index is 12.0. The average Bonchev–Trinajstić information content (AvgIpc) is 2.88. The second-order valence-electron chi connectivity index (χ2n) is 5.12. The summed E-state index contributed by atoms with van der Waals surface area (Å²) in [5.41, 5.74) is 1.72. The minimum atomic E-state index is -4.00. The predicted molar refractivity (Wildman–Crippen MR) is 88.0 cm³/mol. The zero-order chi connectivity index (χ0) is 17.9. The Balaban J connectivity index is 2.07. The fraction of sp³-hybridized carbons (Fsp3) is 0.214. The van der Waals surface area contributed by atoms with E-state index in [4.69, 9.17) is 0 Å². The third kappa shape index (κ3) is 4.32. The normalized spacial score (nSPS) is 11.0. The number of nitrogens with zero attached hydrogens (tertiary/aromatic N) is 2. The van der Waals surface area contributed by atoms with Crippen LogP contribution in [0.3, 0.4) is 0 Å². The molecule has 0 aliphatic heterocycles. The maximum Gasteiger partial charge on any atom is 0.333 e. The molecule has 0 fully saturated rings. The lowest BCUT2D eigenvalue weighted by Crippen LogP contribution is -2.34. The molecular formula is C14H17N5O4S. The first-order valence-corrected chi connectivity index (χ1v) is 8.36. The number of rotatable bonds is 4. The lowest BCUT2D eigenvalue weighted by atomic mass is 10.2. The van der Waals surface area contributed by atoms with E-state index in [2.05, 4.69) is 15.7 Å². The summed E-state index contributed by atoms with van der Waals surface area (Å²) < 4.78 is 27.2. The summed E-state index contributed by atoms with van der Waals surface area (Å²) in [6.07, 6.45) is 2.42. The molecular weight excluding hydrogens is 334 g/mol. The van der Waals surface area contributed by atoms with Crippen LogP contribution in [0.15, 0.2) is 35.5 Å². The summed E-state index contributed by atoms with van der Waals surface area (Å²) >= 11 is 0. The van der Waals surface area contributed by atoms with Crippen molar-refractivity contribution < 1.29 is 18.0 Å². The highest BCUT2D eigenvalue weighted by atomic mass is 32.2. The molecule has 0 aliphatic carbocycles. The highest BCUT2D eigenvalue weighted by molar-refractivity contribution is 7.90. The molecule has 2 aromatic rings. The van der Waals surface area contributed by atoms with Crippen molar-refractivity contribution >= 4 is 33.3 Å². The van der Waals surface area contributed by atoms with Gasteiger partial charge >= 0.3 is 6.03 Å². The van der Waals surface area contributed by atoms with Crippen LogP contribution < -0.4 is 15.4 Å². The molecule has 1 aromatic heterocycles. The molecule has 1 heterocycles. The summed E-state index contributed by atoms with van der Waals surface area (Å²) in [7, 11) is -2.43. The second-order valence-corrected chi connectivity index (χ2v) is 6.80. The predicted octanol–water partition coefficient (Wildman–Crippen LogP) is 1.20. The topological polar surface area (TPSA) is 122 Å². The molecule has 0 saturated heterocycles. The van der Waals surface area contributed by atoms with Gasteiger partial charge in [-0.05, 0) is 30.7 Å². The molecule has 2 rings (SSSR count). The van der Waals surface area contributed by atoms with E-state index < -0.39 is 16.1 Å². The number of carbonyl (C=O) groups excluding carboxylic acids is 2. The summed E-state index contributed by atoms with van der Waals surface area (Å²) in [6, 6.07) is 3.88. The molecule has 0 radical (unpaired) electrons. The van der Waals surface area contributed by atoms with Crippen molar-refractivity contribution in [3.63, 3.8) is 0 Å². The minimum absolute atomic E-state index is 0.114. The zero-order valence-corrected chi connectivity index (χ0v) is 14.1. The quantitative estimate of drug-likeness (QED) is 0.764. The molecule has 0 spiro atoms. The van der Waals surface area contributed by atoms with E-state index in [1.807, 2.05) is 4.72 Å². The van der Waals surface area contributed by atoms with Gasteiger partial charge in [0.2, 0.25) is 5.91 Å². The molecule has 3 N–H and O–H groups in total. The van der Waals surface area contributed by atoms with Gasteiger partial charge in [-0.15, -0.1) is 0 Å². The Morgan fingerprint density at radius 1 is 1.21 bits per heavy atom.